The topological polar surface area (TPSA) is 36.2 Å². The minimum atomic E-state index is 0.649. The van der Waals surface area contributed by atoms with Crippen LogP contribution in [0, 0.1) is 5.41 Å². The predicted octanol–water partition coefficient (Wildman–Crippen LogP) is 3.52. The monoisotopic (exact) mass is 230 g/mol. The highest BCUT2D eigenvalue weighted by Crippen LogP contribution is 2.09. The van der Waals surface area contributed by atoms with Gasteiger partial charge in [0.1, 0.15) is 4.61 Å². The molecule has 0 amide bonds. The number of nitrogens with zero attached hydrogens (tertiary/aromatic N) is 1. The second kappa shape index (κ2) is 6.12. The van der Waals surface area contributed by atoms with Crippen LogP contribution in [0.4, 0.5) is 0 Å². The van der Waals surface area contributed by atoms with Crippen LogP contribution in [-0.2, 0) is 0 Å². The largest absolute Gasteiger partial charge is 0.310 e. The Morgan fingerprint density at radius 1 is 1.50 bits per heavy atom. The van der Waals surface area contributed by atoms with Gasteiger partial charge in [-0.3, -0.25) is 4.99 Å². The summed E-state index contributed by atoms with van der Waals surface area (Å²) in [6.07, 6.45) is 3.54. The van der Waals surface area contributed by atoms with Gasteiger partial charge in [-0.25, -0.2) is 0 Å². The third-order valence-corrected chi connectivity index (χ3v) is 1.89. The van der Waals surface area contributed by atoms with Gasteiger partial charge in [0.25, 0.3) is 0 Å². The van der Waals surface area contributed by atoms with Gasteiger partial charge >= 0.3 is 0 Å². The molecule has 0 saturated heterocycles. The molecular weight excluding hydrogens is 216 g/mol. The van der Waals surface area contributed by atoms with Crippen molar-refractivity contribution < 1.29 is 0 Å². The lowest BCUT2D eigenvalue weighted by Crippen LogP contribution is -1.87. The summed E-state index contributed by atoms with van der Waals surface area (Å²) in [4.78, 5) is 4.27. The molecule has 0 aliphatic carbocycles. The number of hydrogen-bond donors (Lipinski definition) is 1. The number of rotatable bonds is 4. The molecule has 1 N–H and O–H groups in total. The molecule has 0 atom stereocenters. The normalized spacial score (nSPS) is 13.3. The first-order valence-corrected chi connectivity index (χ1v) is 4.79. The summed E-state index contributed by atoms with van der Waals surface area (Å²) < 4.78 is 0.827. The van der Waals surface area contributed by atoms with Gasteiger partial charge in [-0.1, -0.05) is 6.92 Å². The van der Waals surface area contributed by atoms with E-state index in [1.54, 1.807) is 6.92 Å². The lowest BCUT2D eigenvalue weighted by molar-refractivity contribution is 1.24. The molecule has 2 nitrogen and oxygen atoms in total. The lowest BCUT2D eigenvalue weighted by atomic mass is 10.3. The van der Waals surface area contributed by atoms with Crippen molar-refractivity contribution in [1.82, 2.24) is 0 Å². The number of aliphatic imine (C=N–C) groups is 1. The fourth-order valence-electron chi connectivity index (χ4n) is 0.544. The van der Waals surface area contributed by atoms with Gasteiger partial charge in [0, 0.05) is 17.8 Å². The van der Waals surface area contributed by atoms with E-state index in [0.29, 0.717) is 12.1 Å². The standard InChI is InChI=1S/C9H15BrN2/c1-4-8(3)12-9(10)6-5-7(2)11/h6,11H,4-5H2,1-3H3. The van der Waals surface area contributed by atoms with Crippen molar-refractivity contribution in [2.24, 2.45) is 4.99 Å². The fourth-order valence-corrected chi connectivity index (χ4v) is 1.01. The molecule has 0 unspecified atom stereocenters. The van der Waals surface area contributed by atoms with Crippen LogP contribution in [0.25, 0.3) is 0 Å². The van der Waals surface area contributed by atoms with Crippen LogP contribution >= 0.6 is 15.9 Å². The van der Waals surface area contributed by atoms with E-state index in [0.717, 1.165) is 16.7 Å². The molecule has 0 aromatic heterocycles. The maximum atomic E-state index is 7.20. The van der Waals surface area contributed by atoms with Crippen LogP contribution in [0.5, 0.6) is 0 Å². The Balaban J connectivity index is 4.10. The summed E-state index contributed by atoms with van der Waals surface area (Å²) in [5.74, 6) is 0. The first-order valence-electron chi connectivity index (χ1n) is 4.00. The van der Waals surface area contributed by atoms with Crippen LogP contribution < -0.4 is 0 Å². The smallest absolute Gasteiger partial charge is 0.102 e. The summed E-state index contributed by atoms with van der Waals surface area (Å²) in [6, 6.07) is 0. The van der Waals surface area contributed by atoms with Gasteiger partial charge in [0.2, 0.25) is 0 Å². The Morgan fingerprint density at radius 2 is 2.08 bits per heavy atom. The molecule has 12 heavy (non-hydrogen) atoms. The molecule has 0 aliphatic heterocycles. The van der Waals surface area contributed by atoms with E-state index in [9.17, 15) is 0 Å². The van der Waals surface area contributed by atoms with Crippen LogP contribution in [0.3, 0.4) is 0 Å². The molecule has 0 fully saturated rings. The van der Waals surface area contributed by atoms with Crippen molar-refractivity contribution in [1.29, 1.82) is 5.41 Å². The van der Waals surface area contributed by atoms with Crippen molar-refractivity contribution >= 4 is 27.4 Å². The predicted molar refractivity (Wildman–Crippen MR) is 58.4 cm³/mol. The zero-order chi connectivity index (χ0) is 9.56. The van der Waals surface area contributed by atoms with E-state index < -0.39 is 0 Å². The van der Waals surface area contributed by atoms with Crippen molar-refractivity contribution in [3.8, 4) is 0 Å². The second-order valence-corrected chi connectivity index (χ2v) is 3.52. The number of nitrogens with one attached hydrogen (secondary N) is 1. The average molecular weight is 231 g/mol. The number of allylic oxidation sites excluding steroid dienone is 1. The van der Waals surface area contributed by atoms with Crippen molar-refractivity contribution in [3.63, 3.8) is 0 Å². The molecule has 0 bridgehead atoms. The van der Waals surface area contributed by atoms with Crippen molar-refractivity contribution in [2.75, 3.05) is 0 Å². The van der Waals surface area contributed by atoms with Gasteiger partial charge in [-0.05, 0) is 42.3 Å². The lowest BCUT2D eigenvalue weighted by Gasteiger charge is -1.94. The maximum Gasteiger partial charge on any atom is 0.102 e. The number of halogens is 1. The molecule has 3 heteroatoms. The molecule has 0 aliphatic rings. The fraction of sp³-hybridized carbons (Fsp3) is 0.556. The Kier molecular flexibility index (Phi) is 5.89. The van der Waals surface area contributed by atoms with Crippen LogP contribution in [0.15, 0.2) is 15.7 Å². The highest BCUT2D eigenvalue weighted by atomic mass is 79.9. The quantitative estimate of drug-likeness (QED) is 0.567. The molecule has 68 valence electrons. The van der Waals surface area contributed by atoms with Crippen LogP contribution in [-0.4, -0.2) is 11.4 Å². The Labute approximate surface area is 82.4 Å². The zero-order valence-electron chi connectivity index (χ0n) is 7.82. The van der Waals surface area contributed by atoms with Crippen LogP contribution in [0.1, 0.15) is 33.6 Å². The Hall–Kier alpha value is -0.440. The summed E-state index contributed by atoms with van der Waals surface area (Å²) in [6.45, 7) is 5.85. The van der Waals surface area contributed by atoms with E-state index >= 15 is 0 Å². The first-order chi connectivity index (χ1) is 5.56. The summed E-state index contributed by atoms with van der Waals surface area (Å²) >= 11 is 3.32. The van der Waals surface area contributed by atoms with E-state index in [1.165, 1.54) is 0 Å². The van der Waals surface area contributed by atoms with E-state index in [-0.39, 0.29) is 0 Å². The van der Waals surface area contributed by atoms with Gasteiger partial charge in [-0.2, -0.15) is 0 Å². The van der Waals surface area contributed by atoms with E-state index in [1.807, 2.05) is 13.0 Å². The highest BCUT2D eigenvalue weighted by molar-refractivity contribution is 9.11. The highest BCUT2D eigenvalue weighted by Gasteiger charge is 1.90. The van der Waals surface area contributed by atoms with Crippen molar-refractivity contribution in [3.05, 3.63) is 10.7 Å². The van der Waals surface area contributed by atoms with Gasteiger partial charge < -0.3 is 5.41 Å². The van der Waals surface area contributed by atoms with E-state index in [4.69, 9.17) is 5.41 Å². The summed E-state index contributed by atoms with van der Waals surface area (Å²) in [5.41, 5.74) is 1.75. The molecule has 0 heterocycles. The molecule has 0 rings (SSSR count). The zero-order valence-corrected chi connectivity index (χ0v) is 9.40. The summed E-state index contributed by atoms with van der Waals surface area (Å²) in [5, 5.41) is 7.20. The SMILES string of the molecule is CCC(C)=NC(Br)=CCC(C)=N. The molecule has 0 spiro atoms. The summed E-state index contributed by atoms with van der Waals surface area (Å²) in [7, 11) is 0. The average Bonchev–Trinajstić information content (AvgIpc) is 2.00. The van der Waals surface area contributed by atoms with Crippen molar-refractivity contribution in [2.45, 2.75) is 33.6 Å². The van der Waals surface area contributed by atoms with Gasteiger partial charge in [-0.15, -0.1) is 0 Å². The van der Waals surface area contributed by atoms with Crippen LogP contribution in [0.2, 0.25) is 0 Å². The Bertz CT molecular complexity index is 217. The van der Waals surface area contributed by atoms with Gasteiger partial charge in [0.15, 0.2) is 0 Å². The first kappa shape index (κ1) is 11.6. The van der Waals surface area contributed by atoms with Gasteiger partial charge in [0.05, 0.1) is 0 Å². The maximum absolute atomic E-state index is 7.20. The second-order valence-electron chi connectivity index (χ2n) is 2.71. The molecule has 0 saturated carbocycles. The molecule has 0 aromatic rings. The molecular formula is C9H15BrN2. The third kappa shape index (κ3) is 6.28. The molecule has 0 aromatic carbocycles. The van der Waals surface area contributed by atoms with E-state index in [2.05, 4.69) is 27.8 Å². The molecule has 0 radical (unpaired) electrons. The Morgan fingerprint density at radius 3 is 2.50 bits per heavy atom. The number of hydrogen-bond acceptors (Lipinski definition) is 2. The minimum absolute atomic E-state index is 0.649. The minimum Gasteiger partial charge on any atom is -0.310 e. The third-order valence-electron chi connectivity index (χ3n) is 1.39.